The fourth-order valence-corrected chi connectivity index (χ4v) is 4.49. The summed E-state index contributed by atoms with van der Waals surface area (Å²) in [5, 5.41) is 5.87. The molecule has 4 heterocycles. The molecule has 1 fully saturated rings. The average Bonchev–Trinajstić information content (AvgIpc) is 3.29. The number of nitrogens with two attached hydrogens (primary N) is 1. The molecule has 7 nitrogen and oxygen atoms in total. The third kappa shape index (κ3) is 3.35. The summed E-state index contributed by atoms with van der Waals surface area (Å²) in [5.74, 6) is 0.955. The smallest absolute Gasteiger partial charge is 0.222 e. The van der Waals surface area contributed by atoms with Gasteiger partial charge in [0.25, 0.3) is 0 Å². The molecule has 150 valence electrons. The first-order valence-electron chi connectivity index (χ1n) is 9.79. The Morgan fingerprint density at radius 1 is 1.29 bits per heavy atom. The van der Waals surface area contributed by atoms with Crippen molar-refractivity contribution in [2.45, 2.75) is 39.5 Å². The quantitative estimate of drug-likeness (QED) is 0.705. The first-order chi connectivity index (χ1) is 13.4. The zero-order chi connectivity index (χ0) is 19.9. The van der Waals surface area contributed by atoms with Crippen molar-refractivity contribution in [2.24, 2.45) is 11.1 Å². The number of ether oxygens (including phenoxy) is 1. The SMILES string of the molecule is COc1nc(C(C)C)ccc1-c1cnc2sc(N3CCC(C)(CN)CC3)nn12. The van der Waals surface area contributed by atoms with Crippen molar-refractivity contribution >= 4 is 21.4 Å². The van der Waals surface area contributed by atoms with Crippen LogP contribution in [0.25, 0.3) is 16.2 Å². The molecule has 0 radical (unpaired) electrons. The summed E-state index contributed by atoms with van der Waals surface area (Å²) in [4.78, 5) is 12.5. The molecule has 0 unspecified atom stereocenters. The Morgan fingerprint density at radius 3 is 2.68 bits per heavy atom. The second-order valence-electron chi connectivity index (χ2n) is 8.17. The summed E-state index contributed by atoms with van der Waals surface area (Å²) in [7, 11) is 1.66. The Bertz CT molecular complexity index is 970. The van der Waals surface area contributed by atoms with Gasteiger partial charge in [0.05, 0.1) is 24.6 Å². The van der Waals surface area contributed by atoms with E-state index in [-0.39, 0.29) is 5.41 Å². The van der Waals surface area contributed by atoms with E-state index >= 15 is 0 Å². The molecular formula is C20H28N6OS. The lowest BCUT2D eigenvalue weighted by atomic mass is 9.81. The molecule has 3 aromatic rings. The van der Waals surface area contributed by atoms with Crippen molar-refractivity contribution in [2.75, 3.05) is 31.6 Å². The molecule has 0 spiro atoms. The summed E-state index contributed by atoms with van der Waals surface area (Å²) in [6.07, 6.45) is 4.03. The predicted molar refractivity (Wildman–Crippen MR) is 113 cm³/mol. The summed E-state index contributed by atoms with van der Waals surface area (Å²) in [6, 6.07) is 4.10. The number of hydrogen-bond acceptors (Lipinski definition) is 7. The molecule has 1 aliphatic heterocycles. The fourth-order valence-electron chi connectivity index (χ4n) is 3.56. The first kappa shape index (κ1) is 19.1. The number of aromatic nitrogens is 4. The van der Waals surface area contributed by atoms with E-state index < -0.39 is 0 Å². The molecule has 0 aromatic carbocycles. The number of pyridine rings is 1. The fraction of sp³-hybridized carbons (Fsp3) is 0.550. The van der Waals surface area contributed by atoms with E-state index in [4.69, 9.17) is 15.6 Å². The van der Waals surface area contributed by atoms with Crippen molar-refractivity contribution < 1.29 is 4.74 Å². The second-order valence-corrected chi connectivity index (χ2v) is 9.11. The normalized spacial score (nSPS) is 16.9. The lowest BCUT2D eigenvalue weighted by Crippen LogP contribution is -2.42. The van der Waals surface area contributed by atoms with Gasteiger partial charge in [0.15, 0.2) is 0 Å². The number of nitrogens with zero attached hydrogens (tertiary/aromatic N) is 5. The molecule has 3 aromatic heterocycles. The summed E-state index contributed by atoms with van der Waals surface area (Å²) >= 11 is 1.62. The van der Waals surface area contributed by atoms with Gasteiger partial charge >= 0.3 is 0 Å². The van der Waals surface area contributed by atoms with Gasteiger partial charge in [-0.15, -0.1) is 5.10 Å². The molecule has 0 atom stereocenters. The monoisotopic (exact) mass is 400 g/mol. The Labute approximate surface area is 169 Å². The van der Waals surface area contributed by atoms with E-state index in [1.54, 1.807) is 18.4 Å². The maximum absolute atomic E-state index is 5.94. The minimum atomic E-state index is 0.246. The average molecular weight is 401 g/mol. The number of rotatable bonds is 5. The van der Waals surface area contributed by atoms with Crippen LogP contribution in [0.3, 0.4) is 0 Å². The van der Waals surface area contributed by atoms with Crippen molar-refractivity contribution in [3.8, 4) is 17.1 Å². The number of fused-ring (bicyclic) bond motifs is 1. The van der Waals surface area contributed by atoms with Crippen LogP contribution in [0.1, 0.15) is 45.2 Å². The topological polar surface area (TPSA) is 81.6 Å². The highest BCUT2D eigenvalue weighted by atomic mass is 32.1. The highest BCUT2D eigenvalue weighted by Crippen LogP contribution is 2.36. The van der Waals surface area contributed by atoms with E-state index in [0.717, 1.165) is 59.5 Å². The van der Waals surface area contributed by atoms with Crippen LogP contribution in [0.2, 0.25) is 0 Å². The third-order valence-corrected chi connectivity index (χ3v) is 6.73. The maximum atomic E-state index is 5.94. The van der Waals surface area contributed by atoms with Gasteiger partial charge in [0.2, 0.25) is 16.0 Å². The highest BCUT2D eigenvalue weighted by Gasteiger charge is 2.30. The number of anilines is 1. The minimum absolute atomic E-state index is 0.246. The van der Waals surface area contributed by atoms with Gasteiger partial charge in [-0.25, -0.2) is 14.5 Å². The van der Waals surface area contributed by atoms with Crippen molar-refractivity contribution in [3.05, 3.63) is 24.0 Å². The van der Waals surface area contributed by atoms with E-state index in [1.165, 1.54) is 0 Å². The molecule has 0 amide bonds. The largest absolute Gasteiger partial charge is 0.480 e. The van der Waals surface area contributed by atoms with Gasteiger partial charge in [-0.1, -0.05) is 32.1 Å². The molecule has 8 heteroatoms. The van der Waals surface area contributed by atoms with Gasteiger partial charge in [0, 0.05) is 18.8 Å². The summed E-state index contributed by atoms with van der Waals surface area (Å²) in [6.45, 7) is 9.22. The van der Waals surface area contributed by atoms with Gasteiger partial charge in [0.1, 0.15) is 0 Å². The molecule has 28 heavy (non-hydrogen) atoms. The van der Waals surface area contributed by atoms with Gasteiger partial charge in [-0.3, -0.25) is 0 Å². The van der Waals surface area contributed by atoms with E-state index in [0.29, 0.717) is 11.8 Å². The third-order valence-electron chi connectivity index (χ3n) is 5.75. The Morgan fingerprint density at radius 2 is 2.04 bits per heavy atom. The van der Waals surface area contributed by atoms with Crippen LogP contribution in [0, 0.1) is 5.41 Å². The first-order valence-corrected chi connectivity index (χ1v) is 10.6. The molecule has 0 aliphatic carbocycles. The molecular weight excluding hydrogens is 372 g/mol. The predicted octanol–water partition coefficient (Wildman–Crippen LogP) is 3.55. The van der Waals surface area contributed by atoms with Gasteiger partial charge in [-0.05, 0) is 42.9 Å². The van der Waals surface area contributed by atoms with Crippen LogP contribution in [0.4, 0.5) is 5.13 Å². The molecule has 2 N–H and O–H groups in total. The van der Waals surface area contributed by atoms with E-state index in [9.17, 15) is 0 Å². The van der Waals surface area contributed by atoms with E-state index in [1.807, 2.05) is 16.8 Å². The standard InChI is InChI=1S/C20H28N6OS/c1-13(2)15-6-5-14(17(23-15)27-4)16-11-22-18-26(16)24-19(28-18)25-9-7-20(3,12-21)8-10-25/h5-6,11,13H,7-10,12,21H2,1-4H3. The molecule has 0 saturated carbocycles. The van der Waals surface area contributed by atoms with Crippen LogP contribution in [-0.2, 0) is 0 Å². The number of hydrogen-bond donors (Lipinski definition) is 1. The zero-order valence-corrected chi connectivity index (χ0v) is 17.8. The Hall–Kier alpha value is -2.19. The lowest BCUT2D eigenvalue weighted by Gasteiger charge is -2.38. The van der Waals surface area contributed by atoms with Gasteiger partial charge < -0.3 is 15.4 Å². The lowest BCUT2D eigenvalue weighted by molar-refractivity contribution is 0.258. The van der Waals surface area contributed by atoms with Crippen LogP contribution in [0.15, 0.2) is 18.3 Å². The van der Waals surface area contributed by atoms with Crippen LogP contribution < -0.4 is 15.4 Å². The van der Waals surface area contributed by atoms with Crippen LogP contribution in [-0.4, -0.2) is 46.3 Å². The van der Waals surface area contributed by atoms with Crippen molar-refractivity contribution in [1.29, 1.82) is 0 Å². The van der Waals surface area contributed by atoms with Crippen LogP contribution >= 0.6 is 11.3 Å². The molecule has 0 bridgehead atoms. The molecule has 4 rings (SSSR count). The highest BCUT2D eigenvalue weighted by molar-refractivity contribution is 7.20. The Balaban J connectivity index is 1.66. The molecule has 1 saturated heterocycles. The summed E-state index contributed by atoms with van der Waals surface area (Å²) < 4.78 is 7.48. The minimum Gasteiger partial charge on any atom is -0.480 e. The number of imidazole rings is 1. The van der Waals surface area contributed by atoms with Crippen molar-refractivity contribution in [3.63, 3.8) is 0 Å². The van der Waals surface area contributed by atoms with Crippen molar-refractivity contribution in [1.82, 2.24) is 19.6 Å². The van der Waals surface area contributed by atoms with E-state index in [2.05, 4.69) is 41.7 Å². The summed E-state index contributed by atoms with van der Waals surface area (Å²) in [5.41, 5.74) is 9.01. The van der Waals surface area contributed by atoms with Crippen LogP contribution in [0.5, 0.6) is 5.88 Å². The number of piperidine rings is 1. The zero-order valence-electron chi connectivity index (χ0n) is 17.0. The Kier molecular flexibility index (Phi) is 5.01. The number of methoxy groups -OCH3 is 1. The second kappa shape index (κ2) is 7.33. The van der Waals surface area contributed by atoms with Gasteiger partial charge in [-0.2, -0.15) is 0 Å². The maximum Gasteiger partial charge on any atom is 0.222 e. The molecule has 1 aliphatic rings.